The summed E-state index contributed by atoms with van der Waals surface area (Å²) in [4.78, 5) is 52.6. The molecular weight excluding hydrogens is 681 g/mol. The van der Waals surface area contributed by atoms with Crippen LogP contribution in [0.5, 0.6) is 0 Å². The predicted octanol–water partition coefficient (Wildman–Crippen LogP) is 7.10. The summed E-state index contributed by atoms with van der Waals surface area (Å²) in [5.41, 5.74) is 0.758. The van der Waals surface area contributed by atoms with Crippen LogP contribution >= 0.6 is 0 Å². The quantitative estimate of drug-likeness (QED) is 0.193. The Hall–Kier alpha value is -2.26. The number of amides is 1. The Balaban J connectivity index is 1.13. The molecule has 0 spiro atoms. The molecule has 0 radical (unpaired) electrons. The molecule has 1 heterocycles. The lowest BCUT2D eigenvalue weighted by Gasteiger charge is -2.72. The Kier molecular flexibility index (Phi) is 9.92. The van der Waals surface area contributed by atoms with Crippen molar-refractivity contribution in [3.05, 3.63) is 11.1 Å². The van der Waals surface area contributed by atoms with Gasteiger partial charge in [0.1, 0.15) is 6.10 Å². The van der Waals surface area contributed by atoms with Gasteiger partial charge in [0.15, 0.2) is 5.78 Å². The molecule has 4 N–H and O–H groups in total. The summed E-state index contributed by atoms with van der Waals surface area (Å²) in [6.45, 7) is 22.1. The maximum absolute atomic E-state index is 14.1. The van der Waals surface area contributed by atoms with E-state index in [0.717, 1.165) is 82.9 Å². The lowest BCUT2D eigenvalue weighted by atomic mass is 9.33. The predicted molar refractivity (Wildman–Crippen MR) is 207 cm³/mol. The fourth-order valence-corrected chi connectivity index (χ4v) is 14.9. The highest BCUT2D eigenvalue weighted by atomic mass is 16.5. The first-order valence-corrected chi connectivity index (χ1v) is 21.5. The number of ketones is 1. The van der Waals surface area contributed by atoms with E-state index in [1.807, 2.05) is 13.8 Å². The Bertz CT molecular complexity index is 1590. The van der Waals surface area contributed by atoms with Crippen LogP contribution in [0.15, 0.2) is 11.1 Å². The number of piperidine rings is 1. The van der Waals surface area contributed by atoms with Crippen LogP contribution in [0.2, 0.25) is 0 Å². The molecular formula is C45H70N2O7. The smallest absolute Gasteiger partial charge is 0.309 e. The summed E-state index contributed by atoms with van der Waals surface area (Å²) >= 11 is 0. The van der Waals surface area contributed by atoms with Gasteiger partial charge in [-0.15, -0.1) is 0 Å². The summed E-state index contributed by atoms with van der Waals surface area (Å²) in [6.07, 6.45) is 9.00. The minimum absolute atomic E-state index is 0.0238. The van der Waals surface area contributed by atoms with Gasteiger partial charge in [-0.05, 0) is 135 Å². The first kappa shape index (κ1) is 40.0. The van der Waals surface area contributed by atoms with Crippen LogP contribution in [0.25, 0.3) is 0 Å². The van der Waals surface area contributed by atoms with Crippen LogP contribution in [-0.4, -0.2) is 65.7 Å². The number of Topliss-reactive ketones (excluding diaryl/α,β-unsaturated/α-hetero) is 1. The molecule has 9 heteroatoms. The SMILES string of the molecule is CC(C)C1=C2[C@H]3CC[C@@H]4[C@@]5(C)CC[C@H](OC(=O)[C@H]6C[C@@H](C(=O)O)C6(C)C)C(C)(C)[C@@H]5CC[C@@]4(C)[C@]3(C)CC[C@@]2([C@@H](O)CNC(=O)C2CCNCC2)CC1=O. The number of carboxylic acid groups (broad SMARTS) is 1. The van der Waals surface area contributed by atoms with Crippen molar-refractivity contribution in [2.45, 2.75) is 152 Å². The van der Waals surface area contributed by atoms with E-state index in [4.69, 9.17) is 4.74 Å². The lowest BCUT2D eigenvalue weighted by Crippen LogP contribution is -2.66. The van der Waals surface area contributed by atoms with E-state index in [1.54, 1.807) is 0 Å². The molecule has 0 aromatic carbocycles. The Morgan fingerprint density at radius 1 is 0.833 bits per heavy atom. The summed E-state index contributed by atoms with van der Waals surface area (Å²) in [5.74, 6) is -0.648. The molecule has 1 saturated heterocycles. The molecule has 1 amide bonds. The van der Waals surface area contributed by atoms with Gasteiger partial charge in [-0.3, -0.25) is 19.2 Å². The van der Waals surface area contributed by atoms with Gasteiger partial charge < -0.3 is 25.6 Å². The highest BCUT2D eigenvalue weighted by molar-refractivity contribution is 6.00. The average molecular weight is 751 g/mol. The molecule has 5 saturated carbocycles. The first-order chi connectivity index (χ1) is 25.2. The summed E-state index contributed by atoms with van der Waals surface area (Å²) in [7, 11) is 0. The topological polar surface area (TPSA) is 142 Å². The van der Waals surface area contributed by atoms with Gasteiger partial charge in [0.2, 0.25) is 5.91 Å². The normalized spacial score (nSPS) is 43.2. The molecule has 7 rings (SSSR count). The third-order valence-corrected chi connectivity index (χ3v) is 18.3. The number of allylic oxidation sites excluding steroid dienone is 1. The number of aliphatic hydroxyl groups excluding tert-OH is 1. The summed E-state index contributed by atoms with van der Waals surface area (Å²) < 4.78 is 6.41. The third-order valence-electron chi connectivity index (χ3n) is 18.3. The van der Waals surface area contributed by atoms with Crippen molar-refractivity contribution in [3.63, 3.8) is 0 Å². The van der Waals surface area contributed by atoms with Gasteiger partial charge in [0.05, 0.1) is 17.9 Å². The fourth-order valence-electron chi connectivity index (χ4n) is 14.9. The highest BCUT2D eigenvalue weighted by Crippen LogP contribution is 2.77. The van der Waals surface area contributed by atoms with E-state index in [9.17, 15) is 29.4 Å². The second-order valence-electron chi connectivity index (χ2n) is 21.4. The van der Waals surface area contributed by atoms with Crippen molar-refractivity contribution in [2.24, 2.45) is 73.9 Å². The minimum atomic E-state index is -0.834. The van der Waals surface area contributed by atoms with E-state index in [-0.39, 0.29) is 75.6 Å². The van der Waals surface area contributed by atoms with Crippen molar-refractivity contribution in [2.75, 3.05) is 19.6 Å². The van der Waals surface area contributed by atoms with Crippen LogP contribution in [0.1, 0.15) is 139 Å². The Labute approximate surface area is 324 Å². The number of hydrogen-bond donors (Lipinski definition) is 4. The summed E-state index contributed by atoms with van der Waals surface area (Å²) in [6, 6.07) is 0. The van der Waals surface area contributed by atoms with Gasteiger partial charge in [-0.2, -0.15) is 0 Å². The number of hydrogen-bond acceptors (Lipinski definition) is 7. The maximum atomic E-state index is 14.1. The number of ether oxygens (including phenoxy) is 1. The number of fused-ring (bicyclic) bond motifs is 7. The van der Waals surface area contributed by atoms with E-state index in [1.165, 1.54) is 5.57 Å². The molecule has 11 atom stereocenters. The van der Waals surface area contributed by atoms with Gasteiger partial charge >= 0.3 is 11.9 Å². The van der Waals surface area contributed by atoms with Crippen molar-refractivity contribution >= 4 is 23.6 Å². The number of carbonyl (C=O) groups is 4. The van der Waals surface area contributed by atoms with Crippen LogP contribution < -0.4 is 10.6 Å². The molecule has 9 nitrogen and oxygen atoms in total. The monoisotopic (exact) mass is 751 g/mol. The standard InChI is InChI=1S/C45H70N2O7/c1-25(2)35-30(48)23-45(33(49)24-47-37(50)26-14-20-46-21-15-26)19-18-43(8)27(36(35)45)10-11-32-42(7)16-13-34(41(5,6)31(42)12-17-44(32,43)9)54-39(53)29-22-28(38(51)52)40(29,3)4/h25-29,31-34,46,49H,10-24H2,1-9H3,(H,47,50)(H,51,52)/t27-,28+,29-,31+,32-,33+,34+,42+,43-,44-,45+/m1/s1. The van der Waals surface area contributed by atoms with Gasteiger partial charge in [-0.25, -0.2) is 0 Å². The van der Waals surface area contributed by atoms with Crippen LogP contribution in [0, 0.1) is 73.9 Å². The van der Waals surface area contributed by atoms with Crippen LogP contribution in [0.3, 0.4) is 0 Å². The second-order valence-corrected chi connectivity index (χ2v) is 21.4. The zero-order valence-corrected chi connectivity index (χ0v) is 34.7. The van der Waals surface area contributed by atoms with Crippen molar-refractivity contribution in [1.82, 2.24) is 10.6 Å². The number of esters is 1. The highest BCUT2D eigenvalue weighted by Gasteiger charge is 2.71. The molecule has 0 aromatic rings. The average Bonchev–Trinajstić information content (AvgIpc) is 3.41. The molecule has 6 fully saturated rings. The molecule has 0 aromatic heterocycles. The number of carbonyl (C=O) groups excluding carboxylic acids is 3. The molecule has 0 bridgehead atoms. The van der Waals surface area contributed by atoms with E-state index in [0.29, 0.717) is 24.7 Å². The molecule has 6 aliphatic carbocycles. The zero-order chi connectivity index (χ0) is 39.4. The van der Waals surface area contributed by atoms with Crippen LogP contribution in [-0.2, 0) is 23.9 Å². The van der Waals surface area contributed by atoms with Crippen molar-refractivity contribution in [1.29, 1.82) is 0 Å². The molecule has 1 aliphatic heterocycles. The molecule has 0 unspecified atom stereocenters. The van der Waals surface area contributed by atoms with Crippen molar-refractivity contribution < 1.29 is 34.1 Å². The van der Waals surface area contributed by atoms with E-state index in [2.05, 4.69) is 59.1 Å². The minimum Gasteiger partial charge on any atom is -0.481 e. The number of aliphatic carboxylic acids is 1. The van der Waals surface area contributed by atoms with Gasteiger partial charge in [0.25, 0.3) is 0 Å². The second kappa shape index (κ2) is 13.4. The lowest BCUT2D eigenvalue weighted by molar-refractivity contribution is -0.238. The molecule has 302 valence electrons. The number of aliphatic hydroxyl groups is 1. The Morgan fingerprint density at radius 2 is 1.52 bits per heavy atom. The maximum Gasteiger partial charge on any atom is 0.309 e. The Morgan fingerprint density at radius 3 is 2.15 bits per heavy atom. The molecule has 54 heavy (non-hydrogen) atoms. The van der Waals surface area contributed by atoms with Crippen LogP contribution in [0.4, 0.5) is 0 Å². The zero-order valence-electron chi connectivity index (χ0n) is 34.7. The van der Waals surface area contributed by atoms with Gasteiger partial charge in [-0.1, -0.05) is 67.9 Å². The largest absolute Gasteiger partial charge is 0.481 e. The third kappa shape index (κ3) is 5.64. The number of rotatable bonds is 8. The van der Waals surface area contributed by atoms with E-state index >= 15 is 0 Å². The fraction of sp³-hybridized carbons (Fsp3) is 0.867. The van der Waals surface area contributed by atoms with Gasteiger partial charge in [0, 0.05) is 29.7 Å². The van der Waals surface area contributed by atoms with E-state index < -0.39 is 28.8 Å². The first-order valence-electron chi connectivity index (χ1n) is 21.5. The number of carboxylic acids is 1. The number of nitrogens with one attached hydrogen (secondary N) is 2. The molecule has 7 aliphatic rings. The van der Waals surface area contributed by atoms with Crippen molar-refractivity contribution in [3.8, 4) is 0 Å². The summed E-state index contributed by atoms with van der Waals surface area (Å²) in [5, 5.41) is 28.3.